The summed E-state index contributed by atoms with van der Waals surface area (Å²) in [6.45, 7) is 5.93. The fourth-order valence-corrected chi connectivity index (χ4v) is 1.59. The molecular formula is C12H15N5O2. The van der Waals surface area contributed by atoms with Crippen molar-refractivity contribution in [3.05, 3.63) is 42.3 Å². The zero-order chi connectivity index (χ0) is 13.8. The van der Waals surface area contributed by atoms with Crippen LogP contribution in [0.25, 0.3) is 0 Å². The summed E-state index contributed by atoms with van der Waals surface area (Å²) in [5.74, 6) is -0.492. The minimum Gasteiger partial charge on any atom is -0.457 e. The van der Waals surface area contributed by atoms with Gasteiger partial charge in [0.2, 0.25) is 0 Å². The van der Waals surface area contributed by atoms with Crippen molar-refractivity contribution in [3.8, 4) is 0 Å². The van der Waals surface area contributed by atoms with Gasteiger partial charge in [-0.1, -0.05) is 17.9 Å². The van der Waals surface area contributed by atoms with Gasteiger partial charge in [0.25, 0.3) is 0 Å². The van der Waals surface area contributed by atoms with Crippen LogP contribution in [-0.2, 0) is 18.3 Å². The summed E-state index contributed by atoms with van der Waals surface area (Å²) in [7, 11) is 1.90. The summed E-state index contributed by atoms with van der Waals surface area (Å²) in [6.07, 6.45) is 4.96. The third-order valence-corrected chi connectivity index (χ3v) is 2.74. The molecule has 7 nitrogen and oxygen atoms in total. The van der Waals surface area contributed by atoms with Crippen LogP contribution in [0, 0.1) is 6.92 Å². The molecular weight excluding hydrogens is 246 g/mol. The first-order chi connectivity index (χ1) is 9.13. The molecule has 0 aromatic carbocycles. The highest BCUT2D eigenvalue weighted by molar-refractivity contribution is 5.88. The predicted octanol–water partition coefficient (Wildman–Crippen LogP) is 0.711. The smallest absolute Gasteiger partial charge is 0.361 e. The van der Waals surface area contributed by atoms with Crippen LogP contribution in [0.2, 0.25) is 0 Å². The highest BCUT2D eigenvalue weighted by Gasteiger charge is 2.18. The lowest BCUT2D eigenvalue weighted by atomic mass is 10.3. The van der Waals surface area contributed by atoms with Crippen molar-refractivity contribution in [2.45, 2.75) is 13.5 Å². The van der Waals surface area contributed by atoms with Gasteiger partial charge in [-0.2, -0.15) is 0 Å². The fourth-order valence-electron chi connectivity index (χ4n) is 1.59. The Morgan fingerprint density at radius 2 is 2.37 bits per heavy atom. The Kier molecular flexibility index (Phi) is 3.74. The molecule has 0 aliphatic carbocycles. The van der Waals surface area contributed by atoms with Crippen LogP contribution in [-0.4, -0.2) is 37.1 Å². The Morgan fingerprint density at radius 1 is 1.58 bits per heavy atom. The fraction of sp³-hybridized carbons (Fsp3) is 0.333. The van der Waals surface area contributed by atoms with Crippen LogP contribution >= 0.6 is 0 Å². The van der Waals surface area contributed by atoms with Gasteiger partial charge in [-0.15, -0.1) is 5.10 Å². The van der Waals surface area contributed by atoms with Gasteiger partial charge >= 0.3 is 5.97 Å². The summed E-state index contributed by atoms with van der Waals surface area (Å²) >= 11 is 0. The van der Waals surface area contributed by atoms with Gasteiger partial charge in [0.05, 0.1) is 30.5 Å². The summed E-state index contributed by atoms with van der Waals surface area (Å²) in [5, 5.41) is 7.81. The van der Waals surface area contributed by atoms with Crippen molar-refractivity contribution in [2.75, 3.05) is 6.61 Å². The number of aryl methyl sites for hydroxylation is 1. The maximum atomic E-state index is 11.7. The Hall–Kier alpha value is -2.44. The summed E-state index contributed by atoms with van der Waals surface area (Å²) < 4.78 is 8.47. The van der Waals surface area contributed by atoms with Gasteiger partial charge in [-0.25, -0.2) is 14.5 Å². The van der Waals surface area contributed by atoms with Crippen molar-refractivity contribution < 1.29 is 9.53 Å². The lowest BCUT2D eigenvalue weighted by Crippen LogP contribution is -2.10. The molecule has 2 aromatic rings. The SMILES string of the molecule is C=CCOC(=O)c1nnn(Cc2cncn2C)c1C. The number of hydrogen-bond acceptors (Lipinski definition) is 5. The van der Waals surface area contributed by atoms with E-state index in [4.69, 9.17) is 4.74 Å². The maximum absolute atomic E-state index is 11.7. The quantitative estimate of drug-likeness (QED) is 0.585. The number of aromatic nitrogens is 5. The highest BCUT2D eigenvalue weighted by Crippen LogP contribution is 2.08. The van der Waals surface area contributed by atoms with E-state index >= 15 is 0 Å². The minimum absolute atomic E-state index is 0.160. The first-order valence-electron chi connectivity index (χ1n) is 5.76. The predicted molar refractivity (Wildman–Crippen MR) is 67.5 cm³/mol. The first kappa shape index (κ1) is 13.0. The van der Waals surface area contributed by atoms with Crippen LogP contribution in [0.4, 0.5) is 0 Å². The number of esters is 1. The number of carbonyl (C=O) groups is 1. The van der Waals surface area contributed by atoms with E-state index in [1.165, 1.54) is 6.08 Å². The second-order valence-electron chi connectivity index (χ2n) is 4.06. The van der Waals surface area contributed by atoms with Crippen molar-refractivity contribution in [1.82, 2.24) is 24.5 Å². The molecule has 0 aliphatic rings. The van der Waals surface area contributed by atoms with Crippen molar-refractivity contribution in [1.29, 1.82) is 0 Å². The van der Waals surface area contributed by atoms with Crippen molar-refractivity contribution in [2.24, 2.45) is 7.05 Å². The number of hydrogen-bond donors (Lipinski definition) is 0. The van der Waals surface area contributed by atoms with E-state index in [0.29, 0.717) is 12.2 Å². The van der Waals surface area contributed by atoms with Gasteiger partial charge in [0.15, 0.2) is 5.69 Å². The third kappa shape index (κ3) is 2.70. The van der Waals surface area contributed by atoms with Crippen LogP contribution in [0.5, 0.6) is 0 Å². The molecule has 2 aromatic heterocycles. The van der Waals surface area contributed by atoms with Crippen molar-refractivity contribution >= 4 is 5.97 Å². The molecule has 19 heavy (non-hydrogen) atoms. The van der Waals surface area contributed by atoms with Gasteiger partial charge in [0, 0.05) is 7.05 Å². The Morgan fingerprint density at radius 3 is 3.00 bits per heavy atom. The van der Waals surface area contributed by atoms with Crippen LogP contribution in [0.3, 0.4) is 0 Å². The van der Waals surface area contributed by atoms with Gasteiger partial charge in [0.1, 0.15) is 6.61 Å². The number of rotatable bonds is 5. The van der Waals surface area contributed by atoms with Crippen LogP contribution < -0.4 is 0 Å². The zero-order valence-corrected chi connectivity index (χ0v) is 10.9. The highest BCUT2D eigenvalue weighted by atomic mass is 16.5. The van der Waals surface area contributed by atoms with E-state index in [9.17, 15) is 4.79 Å². The van der Waals surface area contributed by atoms with Crippen molar-refractivity contribution in [3.63, 3.8) is 0 Å². The number of ether oxygens (including phenoxy) is 1. The third-order valence-electron chi connectivity index (χ3n) is 2.74. The Labute approximate surface area is 110 Å². The molecule has 100 valence electrons. The monoisotopic (exact) mass is 261 g/mol. The average molecular weight is 261 g/mol. The molecule has 0 fully saturated rings. The molecule has 0 radical (unpaired) electrons. The Balaban J connectivity index is 2.16. The van der Waals surface area contributed by atoms with Crippen LogP contribution in [0.1, 0.15) is 21.9 Å². The number of carbonyl (C=O) groups excluding carboxylic acids is 1. The zero-order valence-electron chi connectivity index (χ0n) is 10.9. The van der Waals surface area contributed by atoms with E-state index in [1.54, 1.807) is 24.1 Å². The topological polar surface area (TPSA) is 74.8 Å². The van der Waals surface area contributed by atoms with E-state index in [2.05, 4.69) is 21.9 Å². The molecule has 0 atom stereocenters. The lowest BCUT2D eigenvalue weighted by molar-refractivity contribution is 0.0542. The molecule has 0 aliphatic heterocycles. The molecule has 0 amide bonds. The normalized spacial score (nSPS) is 10.4. The van der Waals surface area contributed by atoms with Gasteiger partial charge in [-0.3, -0.25) is 0 Å². The van der Waals surface area contributed by atoms with Gasteiger partial charge < -0.3 is 9.30 Å². The van der Waals surface area contributed by atoms with E-state index in [1.807, 2.05) is 11.6 Å². The average Bonchev–Trinajstić information content (AvgIpc) is 2.95. The molecule has 0 unspecified atom stereocenters. The van der Waals surface area contributed by atoms with E-state index in [0.717, 1.165) is 5.69 Å². The van der Waals surface area contributed by atoms with E-state index < -0.39 is 5.97 Å². The maximum Gasteiger partial charge on any atom is 0.361 e. The molecule has 2 heterocycles. The standard InChI is InChI=1S/C12H15N5O2/c1-4-5-19-12(18)11-9(2)17(15-14-11)7-10-6-13-8-16(10)3/h4,6,8H,1,5,7H2,2-3H3. The molecule has 0 N–H and O–H groups in total. The molecule has 0 spiro atoms. The Bertz CT molecular complexity index is 599. The minimum atomic E-state index is -0.492. The summed E-state index contributed by atoms with van der Waals surface area (Å²) in [6, 6.07) is 0. The molecule has 0 saturated carbocycles. The largest absolute Gasteiger partial charge is 0.457 e. The molecule has 7 heteroatoms. The summed E-state index contributed by atoms with van der Waals surface area (Å²) in [5.41, 5.74) is 1.86. The molecule has 0 bridgehead atoms. The number of nitrogens with zero attached hydrogens (tertiary/aromatic N) is 5. The molecule has 0 saturated heterocycles. The second-order valence-corrected chi connectivity index (χ2v) is 4.06. The number of imidazole rings is 1. The molecule has 2 rings (SSSR count). The second kappa shape index (κ2) is 5.47. The van der Waals surface area contributed by atoms with Crippen LogP contribution in [0.15, 0.2) is 25.2 Å². The summed E-state index contributed by atoms with van der Waals surface area (Å²) in [4.78, 5) is 15.7. The van der Waals surface area contributed by atoms with E-state index in [-0.39, 0.29) is 12.3 Å². The lowest BCUT2D eigenvalue weighted by Gasteiger charge is -2.04. The first-order valence-corrected chi connectivity index (χ1v) is 5.76. The van der Waals surface area contributed by atoms with Gasteiger partial charge in [-0.05, 0) is 6.92 Å².